The molecule has 3 aliphatic rings. The summed E-state index contributed by atoms with van der Waals surface area (Å²) >= 11 is 0. The summed E-state index contributed by atoms with van der Waals surface area (Å²) in [6, 6.07) is 17.1. The fourth-order valence-electron chi connectivity index (χ4n) is 9.71. The molecule has 2 aromatic carbocycles. The van der Waals surface area contributed by atoms with Gasteiger partial charge in [-0.1, -0.05) is 76.2 Å². The summed E-state index contributed by atoms with van der Waals surface area (Å²) in [5, 5.41) is 47.4. The topological polar surface area (TPSA) is 186 Å². The summed E-state index contributed by atoms with van der Waals surface area (Å²) in [7, 11) is 0. The van der Waals surface area contributed by atoms with E-state index < -0.39 is 106 Å². The maximum atomic E-state index is 14.4. The fourth-order valence-corrected chi connectivity index (χ4v) is 9.71. The van der Waals surface area contributed by atoms with E-state index in [4.69, 9.17) is 18.9 Å². The van der Waals surface area contributed by atoms with E-state index in [1.165, 1.54) is 0 Å². The van der Waals surface area contributed by atoms with Crippen LogP contribution < -0.4 is 0 Å². The van der Waals surface area contributed by atoms with Crippen LogP contribution in [0.5, 0.6) is 0 Å². The first-order chi connectivity index (χ1) is 27.4. The van der Waals surface area contributed by atoms with Gasteiger partial charge in [-0.05, 0) is 81.9 Å². The summed E-state index contributed by atoms with van der Waals surface area (Å²) in [4.78, 5) is 55.8. The fraction of sp³-hybridized carbons (Fsp3) is 0.652. The van der Waals surface area contributed by atoms with Crippen molar-refractivity contribution in [3.05, 3.63) is 71.8 Å². The number of aliphatic hydroxyl groups is 4. The predicted molar refractivity (Wildman–Crippen MR) is 215 cm³/mol. The number of fused-ring (bicyclic) bond motifs is 1. The van der Waals surface area contributed by atoms with Gasteiger partial charge in [0.15, 0.2) is 11.6 Å². The van der Waals surface area contributed by atoms with Gasteiger partial charge in [-0.15, -0.1) is 0 Å². The first-order valence-electron chi connectivity index (χ1n) is 21.0. The molecule has 13 unspecified atom stereocenters. The molecule has 1 aliphatic heterocycles. The van der Waals surface area contributed by atoms with Crippen molar-refractivity contribution in [2.45, 2.75) is 147 Å². The van der Waals surface area contributed by atoms with Crippen molar-refractivity contribution >= 4 is 23.5 Å². The van der Waals surface area contributed by atoms with Gasteiger partial charge < -0.3 is 39.4 Å². The summed E-state index contributed by atoms with van der Waals surface area (Å²) < 4.78 is 24.5. The molecule has 0 aromatic heterocycles. The van der Waals surface area contributed by atoms with E-state index in [9.17, 15) is 39.6 Å². The molecule has 0 bridgehead atoms. The lowest BCUT2D eigenvalue weighted by Gasteiger charge is -2.61. The van der Waals surface area contributed by atoms with Crippen LogP contribution in [0.1, 0.15) is 115 Å². The van der Waals surface area contributed by atoms with Crippen molar-refractivity contribution in [3.8, 4) is 0 Å². The third kappa shape index (κ3) is 9.74. The normalized spacial score (nSPS) is 31.7. The van der Waals surface area contributed by atoms with Crippen molar-refractivity contribution < 1.29 is 58.6 Å². The molecular formula is C46H64O12. The van der Waals surface area contributed by atoms with Crippen LogP contribution in [0.3, 0.4) is 0 Å². The van der Waals surface area contributed by atoms with E-state index in [-0.39, 0.29) is 50.7 Å². The number of hydrogen-bond donors (Lipinski definition) is 4. The van der Waals surface area contributed by atoms with E-state index in [0.29, 0.717) is 18.6 Å². The maximum absolute atomic E-state index is 14.4. The van der Waals surface area contributed by atoms with Gasteiger partial charge >= 0.3 is 11.9 Å². The molecule has 0 radical (unpaired) electrons. The molecule has 4 N–H and O–H groups in total. The van der Waals surface area contributed by atoms with Crippen molar-refractivity contribution in [3.63, 3.8) is 0 Å². The van der Waals surface area contributed by atoms with E-state index in [1.54, 1.807) is 102 Å². The van der Waals surface area contributed by atoms with E-state index in [0.717, 1.165) is 0 Å². The SMILES string of the molecule is CCCOC12COC1CC(O)CC2C(OC(=O)c1ccccc1)C1(O)CC(CC(=O)C(O)C(CC(=O)OC(C)(C)C)c2ccccc2)C(C)C(C(=O)C(O)CC)C1C. The molecule has 1 saturated heterocycles. The van der Waals surface area contributed by atoms with Gasteiger partial charge in [0.05, 0.1) is 30.8 Å². The van der Waals surface area contributed by atoms with Gasteiger partial charge in [-0.3, -0.25) is 14.4 Å². The molecule has 5 rings (SSSR count). The Kier molecular flexibility index (Phi) is 14.8. The molecule has 12 nitrogen and oxygen atoms in total. The Morgan fingerprint density at radius 1 is 0.948 bits per heavy atom. The zero-order valence-corrected chi connectivity index (χ0v) is 35.0. The van der Waals surface area contributed by atoms with E-state index in [2.05, 4.69) is 0 Å². The van der Waals surface area contributed by atoms with Gasteiger partial charge in [0.25, 0.3) is 0 Å². The van der Waals surface area contributed by atoms with Crippen LogP contribution in [0, 0.1) is 29.6 Å². The summed E-state index contributed by atoms with van der Waals surface area (Å²) in [6.07, 6.45) is -5.31. The average molecular weight is 809 g/mol. The maximum Gasteiger partial charge on any atom is 0.338 e. The lowest BCUT2D eigenvalue weighted by Crippen LogP contribution is -2.74. The zero-order valence-electron chi connectivity index (χ0n) is 35.0. The van der Waals surface area contributed by atoms with Crippen molar-refractivity contribution in [1.82, 2.24) is 0 Å². The highest BCUT2D eigenvalue weighted by atomic mass is 16.6. The smallest absolute Gasteiger partial charge is 0.338 e. The molecule has 2 saturated carbocycles. The van der Waals surface area contributed by atoms with E-state index in [1.807, 2.05) is 6.92 Å². The molecule has 13 atom stereocenters. The Balaban J connectivity index is 1.58. The number of carbonyl (C=O) groups is 4. The Morgan fingerprint density at radius 2 is 1.59 bits per heavy atom. The van der Waals surface area contributed by atoms with Crippen molar-refractivity contribution in [2.75, 3.05) is 13.2 Å². The van der Waals surface area contributed by atoms with Crippen LogP contribution in [-0.2, 0) is 33.3 Å². The molecular weight excluding hydrogens is 744 g/mol. The molecule has 1 heterocycles. The Bertz CT molecular complexity index is 1710. The second-order valence-electron chi connectivity index (χ2n) is 17.9. The molecule has 2 aromatic rings. The van der Waals surface area contributed by atoms with Gasteiger partial charge in [-0.25, -0.2) is 4.79 Å². The lowest BCUT2D eigenvalue weighted by molar-refractivity contribution is -0.332. The molecule has 3 fully saturated rings. The number of hydrogen-bond acceptors (Lipinski definition) is 12. The standard InChI is InChI=1S/C46H64O12/c1-8-20-56-46-26-55-37(46)23-32(47)22-34(46)42(57-43(53)30-18-14-11-15-19-30)45(54)25-31(27(3)39(28(45)4)41(52)35(48)9-2)21-36(49)40(51)33(29-16-12-10-13-17-29)24-38(50)58-44(5,6)7/h10-19,27-28,31-35,37,39-40,42,47-48,51,54H,8-9,20-26H2,1-7H3. The van der Waals surface area contributed by atoms with Gasteiger partial charge in [-0.2, -0.15) is 0 Å². The zero-order chi connectivity index (χ0) is 42.6. The number of Topliss-reactive ketones (excluding diaryl/α,β-unsaturated/α-hetero) is 2. The number of aliphatic hydroxyl groups excluding tert-OH is 3. The number of esters is 2. The summed E-state index contributed by atoms with van der Waals surface area (Å²) in [5.74, 6) is -7.40. The first kappa shape index (κ1) is 45.6. The van der Waals surface area contributed by atoms with Gasteiger partial charge in [0.2, 0.25) is 0 Å². The van der Waals surface area contributed by atoms with Gasteiger partial charge in [0, 0.05) is 37.2 Å². The minimum atomic E-state index is -2.00. The predicted octanol–water partition coefficient (Wildman–Crippen LogP) is 5.36. The minimum Gasteiger partial charge on any atom is -0.460 e. The van der Waals surface area contributed by atoms with Crippen LogP contribution >= 0.6 is 0 Å². The third-order valence-electron chi connectivity index (χ3n) is 12.9. The van der Waals surface area contributed by atoms with E-state index >= 15 is 0 Å². The van der Waals surface area contributed by atoms with Crippen LogP contribution in [0.4, 0.5) is 0 Å². The Labute approximate surface area is 342 Å². The average Bonchev–Trinajstić information content (AvgIpc) is 3.18. The second kappa shape index (κ2) is 18.8. The monoisotopic (exact) mass is 808 g/mol. The number of rotatable bonds is 17. The number of carbonyl (C=O) groups excluding carboxylic acids is 4. The molecule has 58 heavy (non-hydrogen) atoms. The molecule has 320 valence electrons. The lowest BCUT2D eigenvalue weighted by atomic mass is 9.53. The molecule has 2 aliphatic carbocycles. The first-order valence-corrected chi connectivity index (χ1v) is 21.0. The highest BCUT2D eigenvalue weighted by molar-refractivity contribution is 5.90. The minimum absolute atomic E-state index is 0.100. The highest BCUT2D eigenvalue weighted by Crippen LogP contribution is 2.55. The number of ketones is 2. The Hall–Kier alpha value is -3.52. The highest BCUT2D eigenvalue weighted by Gasteiger charge is 2.67. The van der Waals surface area contributed by atoms with Crippen molar-refractivity contribution in [2.24, 2.45) is 29.6 Å². The van der Waals surface area contributed by atoms with Crippen LogP contribution in [0.2, 0.25) is 0 Å². The van der Waals surface area contributed by atoms with Crippen LogP contribution in [0.15, 0.2) is 60.7 Å². The number of ether oxygens (including phenoxy) is 4. The van der Waals surface area contributed by atoms with Gasteiger partial charge in [0.1, 0.15) is 35.1 Å². The Morgan fingerprint density at radius 3 is 2.16 bits per heavy atom. The second-order valence-corrected chi connectivity index (χ2v) is 17.9. The molecule has 0 spiro atoms. The largest absolute Gasteiger partial charge is 0.460 e. The molecule has 12 heteroatoms. The molecule has 0 amide bonds. The van der Waals surface area contributed by atoms with Crippen LogP contribution in [-0.4, -0.2) is 104 Å². The third-order valence-corrected chi connectivity index (χ3v) is 12.9. The number of benzene rings is 2. The summed E-state index contributed by atoms with van der Waals surface area (Å²) in [6.45, 7) is 12.8. The van der Waals surface area contributed by atoms with Crippen molar-refractivity contribution in [1.29, 1.82) is 0 Å². The summed E-state index contributed by atoms with van der Waals surface area (Å²) in [5.41, 5.74) is -3.02. The van der Waals surface area contributed by atoms with Crippen LogP contribution in [0.25, 0.3) is 0 Å². The quantitative estimate of drug-likeness (QED) is 0.150.